The van der Waals surface area contributed by atoms with E-state index in [-0.39, 0.29) is 28.3 Å². The highest BCUT2D eigenvalue weighted by Gasteiger charge is 2.33. The van der Waals surface area contributed by atoms with E-state index < -0.39 is 40.2 Å². The van der Waals surface area contributed by atoms with Gasteiger partial charge in [0.1, 0.15) is 11.6 Å². The number of aromatic nitrogens is 3. The molecule has 5 rings (SSSR count). The SMILES string of the molecule is O=C(Nc1cccc(-c2cnc3c(NC(=O)c4cc(F)cc(F)c4)nccn23)c1)c1ccc(Cl)c(C(F)(F)F)c1. The minimum absolute atomic E-state index is 0.0242. The van der Waals surface area contributed by atoms with Crippen molar-refractivity contribution in [3.8, 4) is 11.3 Å². The van der Waals surface area contributed by atoms with Crippen molar-refractivity contribution in [3.63, 3.8) is 0 Å². The monoisotopic (exact) mass is 571 g/mol. The number of anilines is 2. The van der Waals surface area contributed by atoms with E-state index in [0.717, 1.165) is 18.2 Å². The number of hydrogen-bond donors (Lipinski definition) is 2. The fraction of sp³-hybridized carbons (Fsp3) is 0.0370. The van der Waals surface area contributed by atoms with Crippen LogP contribution in [0.15, 0.2) is 79.3 Å². The number of fused-ring (bicyclic) bond motifs is 1. The highest BCUT2D eigenvalue weighted by atomic mass is 35.5. The normalized spacial score (nSPS) is 11.4. The first kappa shape index (κ1) is 26.8. The molecule has 0 unspecified atom stereocenters. The van der Waals surface area contributed by atoms with Crippen LogP contribution >= 0.6 is 11.6 Å². The molecule has 0 spiro atoms. The molecule has 0 saturated heterocycles. The second kappa shape index (κ2) is 10.4. The van der Waals surface area contributed by atoms with Gasteiger partial charge in [0.25, 0.3) is 11.8 Å². The van der Waals surface area contributed by atoms with Gasteiger partial charge in [0.15, 0.2) is 11.5 Å². The number of nitrogens with one attached hydrogen (secondary N) is 2. The third-order valence-electron chi connectivity index (χ3n) is 5.73. The average Bonchev–Trinajstić information content (AvgIpc) is 3.33. The maximum absolute atomic E-state index is 13.5. The Morgan fingerprint density at radius 2 is 1.57 bits per heavy atom. The molecule has 2 aromatic heterocycles. The zero-order valence-corrected chi connectivity index (χ0v) is 20.7. The van der Waals surface area contributed by atoms with Crippen molar-refractivity contribution in [1.29, 1.82) is 0 Å². The van der Waals surface area contributed by atoms with Gasteiger partial charge in [0, 0.05) is 40.8 Å². The number of carbonyl (C=O) groups excluding carboxylic acids is 2. The second-order valence-corrected chi connectivity index (χ2v) is 8.86. The summed E-state index contributed by atoms with van der Waals surface area (Å²) in [6.45, 7) is 0. The zero-order chi connectivity index (χ0) is 28.6. The third kappa shape index (κ3) is 5.47. The Hall–Kier alpha value is -4.84. The molecule has 2 heterocycles. The molecule has 3 aromatic carbocycles. The largest absolute Gasteiger partial charge is 0.417 e. The summed E-state index contributed by atoms with van der Waals surface area (Å²) in [5, 5.41) is 4.52. The van der Waals surface area contributed by atoms with E-state index in [4.69, 9.17) is 11.6 Å². The van der Waals surface area contributed by atoms with Crippen molar-refractivity contribution >= 4 is 40.6 Å². The lowest BCUT2D eigenvalue weighted by atomic mass is 10.1. The van der Waals surface area contributed by atoms with E-state index in [0.29, 0.717) is 23.4 Å². The molecular weight excluding hydrogens is 557 g/mol. The van der Waals surface area contributed by atoms with Crippen LogP contribution in [-0.4, -0.2) is 26.2 Å². The van der Waals surface area contributed by atoms with Gasteiger partial charge >= 0.3 is 6.18 Å². The second-order valence-electron chi connectivity index (χ2n) is 8.45. The van der Waals surface area contributed by atoms with E-state index in [2.05, 4.69) is 20.6 Å². The molecule has 0 aliphatic rings. The molecular formula is C27H15ClF5N5O2. The minimum atomic E-state index is -4.73. The molecule has 2 amide bonds. The Balaban J connectivity index is 1.40. The highest BCUT2D eigenvalue weighted by molar-refractivity contribution is 6.31. The van der Waals surface area contributed by atoms with Crippen LogP contribution in [0, 0.1) is 11.6 Å². The average molecular weight is 572 g/mol. The molecule has 0 aliphatic heterocycles. The summed E-state index contributed by atoms with van der Waals surface area (Å²) in [7, 11) is 0. The fourth-order valence-corrected chi connectivity index (χ4v) is 4.15. The number of rotatable bonds is 5. The molecule has 0 fully saturated rings. The first-order chi connectivity index (χ1) is 19.0. The molecule has 2 N–H and O–H groups in total. The zero-order valence-electron chi connectivity index (χ0n) is 19.9. The van der Waals surface area contributed by atoms with Gasteiger partial charge in [-0.3, -0.25) is 14.0 Å². The maximum Gasteiger partial charge on any atom is 0.417 e. The summed E-state index contributed by atoms with van der Waals surface area (Å²) in [5.41, 5.74) is -0.0177. The number of amides is 2. The van der Waals surface area contributed by atoms with Crippen LogP contribution in [0.4, 0.5) is 33.5 Å². The van der Waals surface area contributed by atoms with E-state index in [1.165, 1.54) is 18.5 Å². The third-order valence-corrected chi connectivity index (χ3v) is 6.06. The number of carbonyl (C=O) groups is 2. The summed E-state index contributed by atoms with van der Waals surface area (Å²) in [4.78, 5) is 33.6. The van der Waals surface area contributed by atoms with Crippen LogP contribution in [-0.2, 0) is 6.18 Å². The fourth-order valence-electron chi connectivity index (χ4n) is 3.93. The van der Waals surface area contributed by atoms with Crippen molar-refractivity contribution in [2.24, 2.45) is 0 Å². The van der Waals surface area contributed by atoms with Gasteiger partial charge in [-0.2, -0.15) is 13.2 Å². The Labute approximate surface area is 227 Å². The predicted octanol–water partition coefficient (Wildman–Crippen LogP) is 6.85. The number of alkyl halides is 3. The van der Waals surface area contributed by atoms with Crippen molar-refractivity contribution in [1.82, 2.24) is 14.4 Å². The van der Waals surface area contributed by atoms with Crippen molar-refractivity contribution in [3.05, 3.63) is 113 Å². The summed E-state index contributed by atoms with van der Waals surface area (Å²) < 4.78 is 68.2. The van der Waals surface area contributed by atoms with E-state index in [9.17, 15) is 31.5 Å². The smallest absolute Gasteiger partial charge is 0.322 e. The first-order valence-electron chi connectivity index (χ1n) is 11.4. The molecule has 40 heavy (non-hydrogen) atoms. The van der Waals surface area contributed by atoms with Gasteiger partial charge in [-0.05, 0) is 42.5 Å². The Bertz CT molecular complexity index is 1770. The van der Waals surface area contributed by atoms with Crippen LogP contribution in [0.5, 0.6) is 0 Å². The van der Waals surface area contributed by atoms with E-state index in [1.54, 1.807) is 34.9 Å². The summed E-state index contributed by atoms with van der Waals surface area (Å²) in [6, 6.07) is 11.7. The standard InChI is InChI=1S/C27H15ClF5N5O2/c28-21-5-4-15(11-20(21)27(31,32)33)25(39)36-19-3-1-2-14(10-19)22-13-35-24-23(34-6-7-38(22)24)37-26(40)16-8-17(29)12-18(30)9-16/h1-13H,(H,36,39)(H,34,37,40). The van der Waals surface area contributed by atoms with E-state index in [1.807, 2.05) is 0 Å². The number of nitrogens with zero attached hydrogens (tertiary/aromatic N) is 3. The van der Waals surface area contributed by atoms with Crippen LogP contribution < -0.4 is 10.6 Å². The van der Waals surface area contributed by atoms with Crippen molar-refractivity contribution in [2.45, 2.75) is 6.18 Å². The minimum Gasteiger partial charge on any atom is -0.322 e. The van der Waals surface area contributed by atoms with Gasteiger partial charge in [0.2, 0.25) is 0 Å². The van der Waals surface area contributed by atoms with Crippen LogP contribution in [0.1, 0.15) is 26.3 Å². The lowest BCUT2D eigenvalue weighted by Crippen LogP contribution is -2.14. The molecule has 13 heteroatoms. The maximum atomic E-state index is 13.5. The number of halogens is 6. The lowest BCUT2D eigenvalue weighted by molar-refractivity contribution is -0.137. The Kier molecular flexibility index (Phi) is 6.94. The lowest BCUT2D eigenvalue weighted by Gasteiger charge is -2.12. The van der Waals surface area contributed by atoms with Gasteiger partial charge in [-0.25, -0.2) is 18.7 Å². The predicted molar refractivity (Wildman–Crippen MR) is 137 cm³/mol. The number of hydrogen-bond acceptors (Lipinski definition) is 4. The topological polar surface area (TPSA) is 88.4 Å². The summed E-state index contributed by atoms with van der Waals surface area (Å²) in [6.07, 6.45) is -0.307. The van der Waals surface area contributed by atoms with E-state index >= 15 is 0 Å². The number of benzene rings is 3. The molecule has 5 aromatic rings. The Morgan fingerprint density at radius 1 is 0.850 bits per heavy atom. The molecule has 0 bridgehead atoms. The molecule has 0 saturated carbocycles. The highest BCUT2D eigenvalue weighted by Crippen LogP contribution is 2.35. The Morgan fingerprint density at radius 3 is 2.30 bits per heavy atom. The molecule has 0 radical (unpaired) electrons. The summed E-state index contributed by atoms with van der Waals surface area (Å²) in [5.74, 6) is -3.38. The van der Waals surface area contributed by atoms with Crippen LogP contribution in [0.25, 0.3) is 16.9 Å². The van der Waals surface area contributed by atoms with Crippen LogP contribution in [0.3, 0.4) is 0 Å². The van der Waals surface area contributed by atoms with Gasteiger partial charge in [-0.1, -0.05) is 23.7 Å². The first-order valence-corrected chi connectivity index (χ1v) is 11.8. The molecule has 0 aliphatic carbocycles. The van der Waals surface area contributed by atoms with Gasteiger partial charge in [0.05, 0.1) is 22.5 Å². The van der Waals surface area contributed by atoms with Crippen molar-refractivity contribution < 1.29 is 31.5 Å². The van der Waals surface area contributed by atoms with Crippen molar-refractivity contribution in [2.75, 3.05) is 10.6 Å². The number of imidazole rings is 1. The van der Waals surface area contributed by atoms with Gasteiger partial charge < -0.3 is 10.6 Å². The molecule has 0 atom stereocenters. The quantitative estimate of drug-likeness (QED) is 0.226. The van der Waals surface area contributed by atoms with Crippen LogP contribution in [0.2, 0.25) is 5.02 Å². The van der Waals surface area contributed by atoms with Gasteiger partial charge in [-0.15, -0.1) is 0 Å². The molecule has 7 nitrogen and oxygen atoms in total. The summed E-state index contributed by atoms with van der Waals surface area (Å²) >= 11 is 5.64. The molecule has 202 valence electrons.